The van der Waals surface area contributed by atoms with E-state index in [1.54, 1.807) is 11.8 Å². The molecule has 4 atom stereocenters. The Morgan fingerprint density at radius 2 is 1.45 bits per heavy atom. The van der Waals surface area contributed by atoms with Crippen molar-refractivity contribution < 1.29 is 22.7 Å². The van der Waals surface area contributed by atoms with E-state index in [1.807, 2.05) is 0 Å². The number of ether oxygens (including phenoxy) is 1. The van der Waals surface area contributed by atoms with Crippen LogP contribution in [0.25, 0.3) is 0 Å². The van der Waals surface area contributed by atoms with Gasteiger partial charge in [-0.2, -0.15) is 0 Å². The second kappa shape index (κ2) is 22.4. The van der Waals surface area contributed by atoms with E-state index in [9.17, 15) is 4.79 Å². The third kappa shape index (κ3) is 14.3. The number of fused-ring (bicyclic) bond motifs is 4. The molecule has 0 aromatic carbocycles. The zero-order chi connectivity index (χ0) is 29.8. The third-order valence-electron chi connectivity index (χ3n) is 8.27. The van der Waals surface area contributed by atoms with Crippen LogP contribution < -0.4 is 26.6 Å². The van der Waals surface area contributed by atoms with Crippen molar-refractivity contribution in [3.63, 3.8) is 0 Å². The fourth-order valence-corrected chi connectivity index (χ4v) is 6.95. The Morgan fingerprint density at radius 1 is 0.929 bits per heavy atom. The van der Waals surface area contributed by atoms with Gasteiger partial charge < -0.3 is 31.3 Å². The number of amides is 1. The Morgan fingerprint density at radius 3 is 1.98 bits per heavy atom. The number of carbonyl (C=O) groups excluding carboxylic acids is 1. The van der Waals surface area contributed by atoms with Crippen LogP contribution in [-0.2, 0) is 35.8 Å². The quantitative estimate of drug-likeness (QED) is 0.135. The third-order valence-corrected chi connectivity index (χ3v) is 9.25. The molecular weight excluding hydrogens is 634 g/mol. The zero-order valence-corrected chi connectivity index (χ0v) is 28.7. The molecule has 0 saturated heterocycles. The first-order chi connectivity index (χ1) is 20.6. The van der Waals surface area contributed by atoms with Gasteiger partial charge in [0.25, 0.3) is 0 Å². The summed E-state index contributed by atoms with van der Waals surface area (Å²) >= 11 is 1.81. The van der Waals surface area contributed by atoms with E-state index < -0.39 is 0 Å². The normalized spacial score (nSPS) is 25.0. The number of aromatic nitrogens is 1. The van der Waals surface area contributed by atoms with Crippen LogP contribution >= 0.6 is 32.0 Å². The summed E-state index contributed by atoms with van der Waals surface area (Å²) in [5, 5.41) is 18.5. The molecule has 12 heteroatoms. The molecule has 0 radical (unpaired) electrons. The summed E-state index contributed by atoms with van der Waals surface area (Å²) in [7, 11) is 9.59. The van der Waals surface area contributed by atoms with Crippen LogP contribution in [0.15, 0.2) is 17.0 Å². The Balaban J connectivity index is 0.00000155. The van der Waals surface area contributed by atoms with E-state index in [-0.39, 0.29) is 19.0 Å². The van der Waals surface area contributed by atoms with Crippen molar-refractivity contribution in [3.05, 3.63) is 23.5 Å². The Bertz CT molecular complexity index is 844. The average molecular weight is 687 g/mol. The van der Waals surface area contributed by atoms with Crippen molar-refractivity contribution in [2.45, 2.75) is 120 Å². The van der Waals surface area contributed by atoms with Gasteiger partial charge in [-0.05, 0) is 44.2 Å². The van der Waals surface area contributed by atoms with Crippen molar-refractivity contribution in [1.82, 2.24) is 31.6 Å². The van der Waals surface area contributed by atoms with Gasteiger partial charge >= 0.3 is 33.3 Å². The van der Waals surface area contributed by atoms with E-state index in [0.29, 0.717) is 43.7 Å². The molecule has 1 amide bonds. The topological polar surface area (TPSA) is 99.3 Å². The summed E-state index contributed by atoms with van der Waals surface area (Å²) in [6.45, 7) is 7.70. The van der Waals surface area contributed by atoms with Gasteiger partial charge in [0.15, 0.2) is 0 Å². The molecule has 1 aliphatic heterocycles. The molecule has 2 fully saturated rings. The van der Waals surface area contributed by atoms with Crippen LogP contribution in [0.2, 0.25) is 0 Å². The van der Waals surface area contributed by atoms with E-state index in [0.717, 1.165) is 62.8 Å². The van der Waals surface area contributed by atoms with Gasteiger partial charge in [-0.25, -0.2) is 0 Å². The van der Waals surface area contributed by atoms with E-state index in [1.165, 1.54) is 56.3 Å². The molecule has 2 heterocycles. The van der Waals surface area contributed by atoms with Gasteiger partial charge in [0, 0.05) is 80.6 Å². The van der Waals surface area contributed by atoms with Gasteiger partial charge in [0.2, 0.25) is 5.91 Å². The molecule has 42 heavy (non-hydrogen) atoms. The second-order valence-corrected chi connectivity index (χ2v) is 14.5. The second-order valence-electron chi connectivity index (χ2n) is 11.4. The van der Waals surface area contributed by atoms with Crippen LogP contribution in [0.1, 0.15) is 88.9 Å². The van der Waals surface area contributed by atoms with Gasteiger partial charge in [-0.1, -0.05) is 39.0 Å². The van der Waals surface area contributed by atoms with Crippen molar-refractivity contribution in [2.24, 2.45) is 0 Å². The molecule has 2 bridgehead atoms. The average Bonchev–Trinajstić information content (AvgIpc) is 3.00. The van der Waals surface area contributed by atoms with E-state index >= 15 is 0 Å². The monoisotopic (exact) mass is 685 g/mol. The molecule has 2 saturated carbocycles. The maximum atomic E-state index is 12.1. The SMILES string of the molecule is CCCCOCCC(=O)NCCSc1cc2nc(c1)CN[C@@H]1CCCC[C@H]1NCCN[C@@H]1CCCC[C@H]1NC2.[Cl][Mn][Cl]. The molecular formula is C30H52Cl2MnN6O2S. The molecule has 0 spiro atoms. The molecule has 0 unspecified atom stereocenters. The van der Waals surface area contributed by atoms with Gasteiger partial charge in [-0.15, -0.1) is 11.8 Å². The summed E-state index contributed by atoms with van der Waals surface area (Å²) in [6.07, 6.45) is 12.8. The number of rotatable bonds is 10. The Hall–Kier alpha value is -0.131. The van der Waals surface area contributed by atoms with Crippen molar-refractivity contribution >= 4 is 37.9 Å². The standard InChI is InChI=1S/C30H52N6O2S.2ClH.Mn/c1-2-3-16-38-17-12-30(37)33-15-18-39-25-19-23-21-34-28-10-6-4-8-26(28)31-13-14-32-27-9-5-7-11-29(27)35-22-24(20-25)36-23;;;/h19-20,26-29,31-32,34-35H,2-18,21-22H2,1H3,(H,33,37);2*1H;/q;;;+2/p-2/t26-,27-,28-,29-;;;/m1.../s1. The first-order valence-corrected chi connectivity index (χ1v) is 20.1. The summed E-state index contributed by atoms with van der Waals surface area (Å²) in [5.74, 6) is 0.912. The number of hydrogen-bond acceptors (Lipinski definition) is 8. The Kier molecular flexibility index (Phi) is 19.4. The van der Waals surface area contributed by atoms with Crippen LogP contribution in [0.5, 0.6) is 0 Å². The molecule has 241 valence electrons. The van der Waals surface area contributed by atoms with Crippen molar-refractivity contribution in [2.75, 3.05) is 38.6 Å². The summed E-state index contributed by atoms with van der Waals surface area (Å²) in [6, 6.07) is 6.52. The molecule has 1 aromatic rings. The number of unbranched alkanes of at least 4 members (excludes halogenated alkanes) is 1. The molecule has 2 aliphatic carbocycles. The van der Waals surface area contributed by atoms with Crippen molar-refractivity contribution in [3.8, 4) is 0 Å². The van der Waals surface area contributed by atoms with E-state index in [4.69, 9.17) is 29.9 Å². The molecule has 8 nitrogen and oxygen atoms in total. The fourth-order valence-electron chi connectivity index (χ4n) is 6.07. The van der Waals surface area contributed by atoms with Gasteiger partial charge in [0.05, 0.1) is 18.0 Å². The number of nitrogens with one attached hydrogen (secondary N) is 5. The number of pyridine rings is 1. The zero-order valence-electron chi connectivity index (χ0n) is 25.2. The number of carbonyl (C=O) groups is 1. The minimum absolute atomic E-state index is 0.00694. The number of halogens is 2. The number of thioether (sulfide) groups is 1. The molecule has 1 aromatic heterocycles. The number of nitrogens with zero attached hydrogens (tertiary/aromatic N) is 1. The van der Waals surface area contributed by atoms with Gasteiger partial charge in [-0.3, -0.25) is 9.78 Å². The first kappa shape index (κ1) is 36.3. The summed E-state index contributed by atoms with van der Waals surface area (Å²) in [4.78, 5) is 18.4. The first-order valence-electron chi connectivity index (χ1n) is 15.9. The van der Waals surface area contributed by atoms with Crippen LogP contribution in [0.3, 0.4) is 0 Å². The fraction of sp³-hybridized carbons (Fsp3) is 0.800. The maximum absolute atomic E-state index is 12.1. The van der Waals surface area contributed by atoms with Crippen LogP contribution in [-0.4, -0.2) is 73.7 Å². The number of hydrogen-bond donors (Lipinski definition) is 5. The van der Waals surface area contributed by atoms with Crippen molar-refractivity contribution in [1.29, 1.82) is 0 Å². The Labute approximate surface area is 272 Å². The minimum atomic E-state index is 0.00694. The van der Waals surface area contributed by atoms with Crippen LogP contribution in [0, 0.1) is 0 Å². The van der Waals surface area contributed by atoms with Crippen LogP contribution in [0.4, 0.5) is 0 Å². The molecule has 5 N–H and O–H groups in total. The van der Waals surface area contributed by atoms with Gasteiger partial charge in [0.1, 0.15) is 0 Å². The predicted octanol–water partition coefficient (Wildman–Crippen LogP) is 4.87. The molecule has 4 rings (SSSR count). The van der Waals surface area contributed by atoms with E-state index in [2.05, 4.69) is 45.6 Å². The molecule has 3 aliphatic rings. The summed E-state index contributed by atoms with van der Waals surface area (Å²) < 4.78 is 5.52. The summed E-state index contributed by atoms with van der Waals surface area (Å²) in [5.41, 5.74) is 2.23. The predicted molar refractivity (Wildman–Crippen MR) is 172 cm³/mol.